The summed E-state index contributed by atoms with van der Waals surface area (Å²) in [6.07, 6.45) is 4.37. The van der Waals surface area contributed by atoms with Gasteiger partial charge in [0.1, 0.15) is 17.2 Å². The molecule has 2 nitrogen and oxygen atoms in total. The second kappa shape index (κ2) is 6.57. The molecule has 0 atom stereocenters. The first-order valence-corrected chi connectivity index (χ1v) is 10.5. The number of unbranched alkanes of at least 4 members (excludes halogenated alkanes) is 1. The predicted molar refractivity (Wildman–Crippen MR) is 92.5 cm³/mol. The van der Waals surface area contributed by atoms with Crippen LogP contribution in [0.3, 0.4) is 0 Å². The van der Waals surface area contributed by atoms with E-state index in [2.05, 4.69) is 44.3 Å². The molecule has 3 rings (SSSR count). The fourth-order valence-corrected chi connectivity index (χ4v) is 3.54. The maximum absolute atomic E-state index is 6.28. The van der Waals surface area contributed by atoms with Crippen LogP contribution < -0.4 is 9.16 Å². The minimum Gasteiger partial charge on any atom is -0.542 e. The summed E-state index contributed by atoms with van der Waals surface area (Å²) < 4.78 is 12.4. The van der Waals surface area contributed by atoms with Crippen molar-refractivity contribution in [3.63, 3.8) is 0 Å². The van der Waals surface area contributed by atoms with Crippen LogP contribution in [0.15, 0.2) is 36.4 Å². The summed E-state index contributed by atoms with van der Waals surface area (Å²) in [6.45, 7) is 6.60. The van der Waals surface area contributed by atoms with Gasteiger partial charge in [-0.1, -0.05) is 37.6 Å². The molecule has 0 bridgehead atoms. The maximum atomic E-state index is 6.28. The molecular weight excluding hydrogens is 288 g/mol. The third-order valence-corrected chi connectivity index (χ3v) is 4.58. The Morgan fingerprint density at radius 2 is 1.91 bits per heavy atom. The van der Waals surface area contributed by atoms with E-state index in [9.17, 15) is 0 Å². The van der Waals surface area contributed by atoms with Gasteiger partial charge in [-0.3, -0.25) is 0 Å². The van der Waals surface area contributed by atoms with E-state index in [0.29, 0.717) is 0 Å². The second-order valence-electron chi connectivity index (χ2n) is 6.03. The molecule has 0 saturated heterocycles. The Hall–Kier alpha value is -1.74. The first-order chi connectivity index (χ1) is 10.7. The van der Waals surface area contributed by atoms with E-state index >= 15 is 0 Å². The van der Waals surface area contributed by atoms with E-state index in [1.807, 2.05) is 12.1 Å². The molecule has 1 aliphatic heterocycles. The highest BCUT2D eigenvalue weighted by atomic mass is 28.3. The molecule has 115 valence electrons. The second-order valence-corrected chi connectivity index (χ2v) is 8.05. The van der Waals surface area contributed by atoms with E-state index in [1.165, 1.54) is 29.5 Å². The smallest absolute Gasteiger partial charge is 0.274 e. The largest absolute Gasteiger partial charge is 0.542 e. The lowest BCUT2D eigenvalue weighted by molar-refractivity contribution is 0.450. The molecule has 1 radical (unpaired) electrons. The highest BCUT2D eigenvalue weighted by Gasteiger charge is 2.23. The molecule has 0 aliphatic carbocycles. The van der Waals surface area contributed by atoms with Gasteiger partial charge in [0.15, 0.2) is 0 Å². The highest BCUT2D eigenvalue weighted by molar-refractivity contribution is 6.49. The van der Waals surface area contributed by atoms with E-state index < -0.39 is 9.04 Å². The van der Waals surface area contributed by atoms with Crippen LogP contribution in [0.2, 0.25) is 13.1 Å². The van der Waals surface area contributed by atoms with E-state index in [0.717, 1.165) is 30.1 Å². The van der Waals surface area contributed by atoms with Crippen LogP contribution in [0, 0.1) is 0 Å². The van der Waals surface area contributed by atoms with E-state index in [4.69, 9.17) is 9.16 Å². The molecule has 3 heteroatoms. The first-order valence-electron chi connectivity index (χ1n) is 8.07. The minimum atomic E-state index is -0.798. The summed E-state index contributed by atoms with van der Waals surface area (Å²) in [5.74, 6) is 3.01. The quantitative estimate of drug-likeness (QED) is 0.591. The van der Waals surface area contributed by atoms with E-state index in [-0.39, 0.29) is 0 Å². The van der Waals surface area contributed by atoms with Crippen molar-refractivity contribution in [2.75, 3.05) is 0 Å². The summed E-state index contributed by atoms with van der Waals surface area (Å²) in [4.78, 5) is 0. The molecule has 1 aliphatic rings. The van der Waals surface area contributed by atoms with Crippen molar-refractivity contribution in [3.05, 3.63) is 53.1 Å². The Balaban J connectivity index is 2.01. The van der Waals surface area contributed by atoms with Gasteiger partial charge >= 0.3 is 0 Å². The average molecular weight is 311 g/mol. The number of fused-ring (bicyclic) bond motifs is 2. The van der Waals surface area contributed by atoms with Gasteiger partial charge in [-0.15, -0.1) is 0 Å². The van der Waals surface area contributed by atoms with Crippen molar-refractivity contribution in [1.29, 1.82) is 0 Å². The number of hydrogen-bond donors (Lipinski definition) is 0. The van der Waals surface area contributed by atoms with Crippen molar-refractivity contribution < 1.29 is 9.16 Å². The number of benzene rings is 2. The van der Waals surface area contributed by atoms with Crippen LogP contribution >= 0.6 is 0 Å². The third kappa shape index (κ3) is 3.04. The van der Waals surface area contributed by atoms with Crippen molar-refractivity contribution in [2.45, 2.75) is 45.7 Å². The topological polar surface area (TPSA) is 18.5 Å². The normalized spacial score (nSPS) is 12.5. The highest BCUT2D eigenvalue weighted by Crippen LogP contribution is 2.42. The van der Waals surface area contributed by atoms with Crippen molar-refractivity contribution in [1.82, 2.24) is 0 Å². The van der Waals surface area contributed by atoms with Crippen LogP contribution in [-0.4, -0.2) is 9.04 Å². The third-order valence-electron chi connectivity index (χ3n) is 3.96. The minimum absolute atomic E-state index is 0.798. The van der Waals surface area contributed by atoms with Crippen molar-refractivity contribution >= 4 is 9.04 Å². The van der Waals surface area contributed by atoms with E-state index in [1.54, 1.807) is 0 Å². The molecule has 2 aromatic carbocycles. The van der Waals surface area contributed by atoms with Crippen LogP contribution in [0.1, 0.15) is 36.5 Å². The van der Waals surface area contributed by atoms with Gasteiger partial charge in [0.05, 0.1) is 0 Å². The summed E-state index contributed by atoms with van der Waals surface area (Å²) in [7, 11) is -0.798. The van der Waals surface area contributed by atoms with Crippen LogP contribution in [0.4, 0.5) is 0 Å². The number of aryl methyl sites for hydroxylation is 1. The van der Waals surface area contributed by atoms with Gasteiger partial charge in [-0.05, 0) is 49.2 Å². The zero-order valence-electron chi connectivity index (χ0n) is 13.6. The van der Waals surface area contributed by atoms with Crippen LogP contribution in [0.5, 0.6) is 17.2 Å². The molecule has 0 N–H and O–H groups in total. The monoisotopic (exact) mass is 311 g/mol. The molecular formula is C19H23O2Si. The fourth-order valence-electron chi connectivity index (χ4n) is 2.87. The van der Waals surface area contributed by atoms with Gasteiger partial charge in [0.2, 0.25) is 0 Å². The van der Waals surface area contributed by atoms with Gasteiger partial charge in [-0.25, -0.2) is 0 Å². The lowest BCUT2D eigenvalue weighted by atomic mass is 9.95. The summed E-state index contributed by atoms with van der Waals surface area (Å²) >= 11 is 0. The molecule has 2 aromatic rings. The summed E-state index contributed by atoms with van der Waals surface area (Å²) in [5, 5.41) is 0. The fraction of sp³-hybridized carbons (Fsp3) is 0.368. The number of rotatable bonds is 5. The van der Waals surface area contributed by atoms with Gasteiger partial charge in [0, 0.05) is 12.0 Å². The molecule has 0 unspecified atom stereocenters. The Morgan fingerprint density at radius 1 is 1.09 bits per heavy atom. The Labute approximate surface area is 134 Å². The van der Waals surface area contributed by atoms with Gasteiger partial charge < -0.3 is 9.16 Å². The zero-order chi connectivity index (χ0) is 15.5. The molecule has 0 fully saturated rings. The number of para-hydroxylation sites is 1. The molecule has 0 aromatic heterocycles. The van der Waals surface area contributed by atoms with Gasteiger partial charge in [0.25, 0.3) is 9.04 Å². The molecule has 0 spiro atoms. The zero-order valence-corrected chi connectivity index (χ0v) is 14.6. The Morgan fingerprint density at radius 3 is 2.68 bits per heavy atom. The molecule has 0 saturated carbocycles. The molecule has 1 heterocycles. The molecule has 0 amide bonds. The lowest BCUT2D eigenvalue weighted by Crippen LogP contribution is -2.16. The maximum Gasteiger partial charge on any atom is 0.274 e. The Bertz CT molecular complexity index is 664. The summed E-state index contributed by atoms with van der Waals surface area (Å²) in [5.41, 5.74) is 3.79. The van der Waals surface area contributed by atoms with Crippen LogP contribution in [0.25, 0.3) is 0 Å². The number of hydrogen-bond acceptors (Lipinski definition) is 2. The van der Waals surface area contributed by atoms with Gasteiger partial charge in [-0.2, -0.15) is 0 Å². The molecule has 22 heavy (non-hydrogen) atoms. The predicted octanol–water partition coefficient (Wildman–Crippen LogP) is 5.36. The standard InChI is InChI=1S/C19H23O2Si/c1-4-5-8-14-11-12-18-16(19(14)21-22(2)3)13-15-9-6-7-10-17(15)20-18/h6-7,9-12H,4-5,8,13H2,1-3H3. The lowest BCUT2D eigenvalue weighted by Gasteiger charge is -2.25. The number of ether oxygens (including phenoxy) is 1. The first kappa shape index (κ1) is 15.2. The van der Waals surface area contributed by atoms with Crippen LogP contribution in [-0.2, 0) is 12.8 Å². The van der Waals surface area contributed by atoms with Crippen molar-refractivity contribution in [3.8, 4) is 17.2 Å². The Kier molecular flexibility index (Phi) is 4.53. The van der Waals surface area contributed by atoms with Crippen molar-refractivity contribution in [2.24, 2.45) is 0 Å². The average Bonchev–Trinajstić information content (AvgIpc) is 2.52. The SMILES string of the molecule is CCCCc1ccc2c(c1O[Si](C)C)Cc1ccccc1O2. The summed E-state index contributed by atoms with van der Waals surface area (Å²) in [6, 6.07) is 12.6.